The van der Waals surface area contributed by atoms with Crippen LogP contribution in [0.2, 0.25) is 0 Å². The lowest BCUT2D eigenvalue weighted by atomic mass is 9.87. The van der Waals surface area contributed by atoms with Gasteiger partial charge in [0, 0.05) is 12.3 Å². The monoisotopic (exact) mass is 172 g/mol. The van der Waals surface area contributed by atoms with Crippen molar-refractivity contribution in [3.05, 3.63) is 0 Å². The molecule has 12 heavy (non-hydrogen) atoms. The zero-order valence-electron chi connectivity index (χ0n) is 8.30. The third kappa shape index (κ3) is 1.33. The summed E-state index contributed by atoms with van der Waals surface area (Å²) in [6.07, 6.45) is -0.436. The molecule has 0 saturated carbocycles. The zero-order valence-corrected chi connectivity index (χ0v) is 8.30. The Balaban J connectivity index is 2.84. The molecule has 1 unspecified atom stereocenters. The van der Waals surface area contributed by atoms with E-state index in [4.69, 9.17) is 9.47 Å². The molecule has 0 amide bonds. The van der Waals surface area contributed by atoms with Gasteiger partial charge in [-0.25, -0.2) is 4.79 Å². The molecule has 0 bridgehead atoms. The Bertz CT molecular complexity index is 204. The SMILES string of the molecule is C[C@H]1OC(C)(C(C)(C)C)OC1=O. The van der Waals surface area contributed by atoms with Gasteiger partial charge in [-0.3, -0.25) is 0 Å². The van der Waals surface area contributed by atoms with Crippen molar-refractivity contribution in [2.75, 3.05) is 0 Å². The molecule has 0 radical (unpaired) electrons. The van der Waals surface area contributed by atoms with Crippen LogP contribution in [-0.4, -0.2) is 17.9 Å². The van der Waals surface area contributed by atoms with Crippen molar-refractivity contribution in [1.82, 2.24) is 0 Å². The number of ether oxygens (including phenoxy) is 2. The maximum absolute atomic E-state index is 11.1. The third-order valence-corrected chi connectivity index (χ3v) is 2.39. The predicted molar refractivity (Wildman–Crippen MR) is 44.5 cm³/mol. The van der Waals surface area contributed by atoms with Crippen LogP contribution in [0.4, 0.5) is 0 Å². The molecule has 70 valence electrons. The van der Waals surface area contributed by atoms with Gasteiger partial charge in [0.2, 0.25) is 5.79 Å². The first kappa shape index (κ1) is 9.52. The summed E-state index contributed by atoms with van der Waals surface area (Å²) in [6.45, 7) is 9.46. The third-order valence-electron chi connectivity index (χ3n) is 2.39. The number of esters is 1. The second-order valence-corrected chi connectivity index (χ2v) is 4.38. The quantitative estimate of drug-likeness (QED) is 0.522. The lowest BCUT2D eigenvalue weighted by molar-refractivity contribution is -0.216. The van der Waals surface area contributed by atoms with Gasteiger partial charge in [-0.05, 0) is 6.92 Å². The molecule has 3 nitrogen and oxygen atoms in total. The van der Waals surface area contributed by atoms with Gasteiger partial charge in [0.15, 0.2) is 6.10 Å². The Hall–Kier alpha value is -0.570. The van der Waals surface area contributed by atoms with Crippen molar-refractivity contribution in [2.45, 2.75) is 46.5 Å². The van der Waals surface area contributed by atoms with Crippen molar-refractivity contribution < 1.29 is 14.3 Å². The first-order valence-electron chi connectivity index (χ1n) is 4.17. The van der Waals surface area contributed by atoms with Crippen molar-refractivity contribution in [1.29, 1.82) is 0 Å². The summed E-state index contributed by atoms with van der Waals surface area (Å²) in [5.74, 6) is -1.05. The second-order valence-electron chi connectivity index (χ2n) is 4.38. The van der Waals surface area contributed by atoms with E-state index >= 15 is 0 Å². The van der Waals surface area contributed by atoms with Crippen molar-refractivity contribution >= 4 is 5.97 Å². The highest BCUT2D eigenvalue weighted by Crippen LogP contribution is 2.39. The van der Waals surface area contributed by atoms with E-state index in [1.807, 2.05) is 20.8 Å². The number of carbonyl (C=O) groups is 1. The molecule has 0 aromatic rings. The molecular formula is C9H16O3. The van der Waals surface area contributed by atoms with Crippen LogP contribution in [0.1, 0.15) is 34.6 Å². The normalized spacial score (nSPS) is 36.8. The molecule has 1 heterocycles. The maximum atomic E-state index is 11.1. The fourth-order valence-electron chi connectivity index (χ4n) is 1.01. The minimum Gasteiger partial charge on any atom is -0.431 e. The van der Waals surface area contributed by atoms with Crippen LogP contribution in [0.3, 0.4) is 0 Å². The Kier molecular flexibility index (Phi) is 1.95. The minimum atomic E-state index is -0.774. The molecular weight excluding hydrogens is 156 g/mol. The van der Waals surface area contributed by atoms with E-state index in [-0.39, 0.29) is 11.4 Å². The van der Waals surface area contributed by atoms with Crippen molar-refractivity contribution in [2.24, 2.45) is 5.41 Å². The number of cyclic esters (lactones) is 1. The van der Waals surface area contributed by atoms with Crippen molar-refractivity contribution in [3.8, 4) is 0 Å². The van der Waals surface area contributed by atoms with E-state index in [1.165, 1.54) is 0 Å². The highest BCUT2D eigenvalue weighted by atomic mass is 16.8. The Morgan fingerprint density at radius 2 is 1.92 bits per heavy atom. The molecule has 0 aliphatic carbocycles. The van der Waals surface area contributed by atoms with Gasteiger partial charge in [0.05, 0.1) is 0 Å². The Morgan fingerprint density at radius 3 is 2.08 bits per heavy atom. The van der Waals surface area contributed by atoms with Gasteiger partial charge in [-0.15, -0.1) is 0 Å². The van der Waals surface area contributed by atoms with E-state index in [0.29, 0.717) is 0 Å². The van der Waals surface area contributed by atoms with Crippen LogP contribution in [0.15, 0.2) is 0 Å². The number of rotatable bonds is 0. The topological polar surface area (TPSA) is 35.5 Å². The summed E-state index contributed by atoms with van der Waals surface area (Å²) >= 11 is 0. The summed E-state index contributed by atoms with van der Waals surface area (Å²) in [4.78, 5) is 11.1. The average Bonchev–Trinajstić information content (AvgIpc) is 2.06. The smallest absolute Gasteiger partial charge is 0.337 e. The van der Waals surface area contributed by atoms with Crippen molar-refractivity contribution in [3.63, 3.8) is 0 Å². The second kappa shape index (κ2) is 2.46. The van der Waals surface area contributed by atoms with E-state index in [1.54, 1.807) is 13.8 Å². The lowest BCUT2D eigenvalue weighted by Gasteiger charge is -2.35. The minimum absolute atomic E-state index is 0.187. The number of hydrogen-bond donors (Lipinski definition) is 0. The largest absolute Gasteiger partial charge is 0.431 e. The van der Waals surface area contributed by atoms with Gasteiger partial charge in [0.25, 0.3) is 0 Å². The molecule has 0 aromatic carbocycles. The molecule has 1 aliphatic rings. The summed E-state index contributed by atoms with van der Waals surface area (Å²) in [5, 5.41) is 0. The van der Waals surface area contributed by atoms with Crippen LogP contribution in [-0.2, 0) is 14.3 Å². The molecule has 1 saturated heterocycles. The van der Waals surface area contributed by atoms with E-state index in [2.05, 4.69) is 0 Å². The molecule has 0 aromatic heterocycles. The average molecular weight is 172 g/mol. The molecule has 1 aliphatic heterocycles. The highest BCUT2D eigenvalue weighted by molar-refractivity contribution is 5.76. The van der Waals surface area contributed by atoms with Gasteiger partial charge >= 0.3 is 5.97 Å². The summed E-state index contributed by atoms with van der Waals surface area (Å²) in [7, 11) is 0. The maximum Gasteiger partial charge on any atom is 0.337 e. The predicted octanol–water partition coefficient (Wildman–Crippen LogP) is 1.71. The Morgan fingerprint density at radius 1 is 1.42 bits per heavy atom. The fourth-order valence-corrected chi connectivity index (χ4v) is 1.01. The number of carbonyl (C=O) groups excluding carboxylic acids is 1. The molecule has 1 fully saturated rings. The highest BCUT2D eigenvalue weighted by Gasteiger charge is 2.50. The van der Waals surface area contributed by atoms with Gasteiger partial charge in [-0.2, -0.15) is 0 Å². The summed E-state index contributed by atoms with van der Waals surface area (Å²) in [6, 6.07) is 0. The fraction of sp³-hybridized carbons (Fsp3) is 0.889. The van der Waals surface area contributed by atoms with E-state index in [0.717, 1.165) is 0 Å². The number of hydrogen-bond acceptors (Lipinski definition) is 3. The van der Waals surface area contributed by atoms with Crippen LogP contribution < -0.4 is 0 Å². The van der Waals surface area contributed by atoms with Crippen LogP contribution >= 0.6 is 0 Å². The van der Waals surface area contributed by atoms with E-state index < -0.39 is 11.9 Å². The summed E-state index contributed by atoms with van der Waals surface area (Å²) < 4.78 is 10.6. The summed E-state index contributed by atoms with van der Waals surface area (Å²) in [5.41, 5.74) is -0.187. The standard InChI is InChI=1S/C9H16O3/c1-6-7(10)12-9(5,11-6)8(2,3)4/h6H,1-5H3/t6-,9?/m1/s1. The molecule has 2 atom stereocenters. The van der Waals surface area contributed by atoms with Gasteiger partial charge in [0.1, 0.15) is 0 Å². The van der Waals surface area contributed by atoms with Crippen LogP contribution in [0.25, 0.3) is 0 Å². The zero-order chi connectivity index (χ0) is 9.57. The van der Waals surface area contributed by atoms with E-state index in [9.17, 15) is 4.79 Å². The lowest BCUT2D eigenvalue weighted by Crippen LogP contribution is -2.41. The van der Waals surface area contributed by atoms with Crippen LogP contribution in [0, 0.1) is 5.41 Å². The molecule has 1 rings (SSSR count). The van der Waals surface area contributed by atoms with Crippen LogP contribution in [0.5, 0.6) is 0 Å². The first-order valence-corrected chi connectivity index (χ1v) is 4.17. The Labute approximate surface area is 73.0 Å². The van der Waals surface area contributed by atoms with Gasteiger partial charge < -0.3 is 9.47 Å². The van der Waals surface area contributed by atoms with Gasteiger partial charge in [-0.1, -0.05) is 20.8 Å². The molecule has 3 heteroatoms. The molecule has 0 spiro atoms. The first-order chi connectivity index (χ1) is 5.26. The molecule has 0 N–H and O–H groups in total.